The first-order chi connectivity index (χ1) is 37.4. The van der Waals surface area contributed by atoms with Gasteiger partial charge in [-0.3, -0.25) is 0 Å². The Morgan fingerprint density at radius 3 is 1.44 bits per heavy atom. The van der Waals surface area contributed by atoms with Gasteiger partial charge in [-0.1, -0.05) is 197 Å². The van der Waals surface area contributed by atoms with Crippen molar-refractivity contribution in [2.75, 3.05) is 14.7 Å². The molecule has 408 valence electrons. The largest absolute Gasteiger partial charge is 0.311 e. The highest BCUT2D eigenvalue weighted by Crippen LogP contribution is 2.55. The van der Waals surface area contributed by atoms with E-state index < -0.39 is 0 Å². The monoisotopic (exact) mass is 1050 g/mol. The van der Waals surface area contributed by atoms with Crippen LogP contribution >= 0.6 is 0 Å². The topological polar surface area (TPSA) is 9.72 Å². The van der Waals surface area contributed by atoms with Crippen molar-refractivity contribution in [2.24, 2.45) is 0 Å². The molecule has 0 N–H and O–H groups in total. The SMILES string of the molecule is Cc1cc(C(C)(C)C)ccc1N1c2ccc(N(c3ccccc3)c3ccccc3)cc2B2c3cc4c(cc3N(c3ccc(C(C)(C)C)cc3-c3ccc5c(c3)C(C)(C)CC5(C)C)c3cc(C(C)(C)C)cc1c32)C(C)(C)CCC4(C)C. The number of anilines is 9. The summed E-state index contributed by atoms with van der Waals surface area (Å²) in [5, 5.41) is 0. The lowest BCUT2D eigenvalue weighted by Crippen LogP contribution is -2.62. The lowest BCUT2D eigenvalue weighted by atomic mass is 9.33. The van der Waals surface area contributed by atoms with E-state index in [-0.39, 0.29) is 44.6 Å². The number of hydrogen-bond donors (Lipinski definition) is 0. The summed E-state index contributed by atoms with van der Waals surface area (Å²) in [6.07, 6.45) is 3.41. The third-order valence-corrected chi connectivity index (χ3v) is 19.3. The lowest BCUT2D eigenvalue weighted by molar-refractivity contribution is 0.332. The molecule has 3 nitrogen and oxygen atoms in total. The smallest absolute Gasteiger partial charge is 0.252 e. The van der Waals surface area contributed by atoms with Crippen molar-refractivity contribution in [3.63, 3.8) is 0 Å². The Labute approximate surface area is 481 Å². The molecule has 4 aliphatic rings. The molecule has 2 heterocycles. The first kappa shape index (κ1) is 53.8. The first-order valence-electron chi connectivity index (χ1n) is 29.9. The summed E-state index contributed by atoms with van der Waals surface area (Å²) in [6.45, 7) is 43.3. The van der Waals surface area contributed by atoms with Gasteiger partial charge in [-0.05, 0) is 209 Å². The van der Waals surface area contributed by atoms with Crippen LogP contribution < -0.4 is 31.1 Å². The van der Waals surface area contributed by atoms with Gasteiger partial charge >= 0.3 is 0 Å². The van der Waals surface area contributed by atoms with Crippen LogP contribution in [0.15, 0.2) is 158 Å². The summed E-state index contributed by atoms with van der Waals surface area (Å²) < 4.78 is 0. The molecule has 0 bridgehead atoms. The molecule has 4 heteroatoms. The molecule has 0 saturated heterocycles. The Morgan fingerprint density at radius 2 is 0.875 bits per heavy atom. The van der Waals surface area contributed by atoms with Gasteiger partial charge in [0.1, 0.15) is 0 Å². The van der Waals surface area contributed by atoms with E-state index in [1.54, 1.807) is 0 Å². The number of hydrogen-bond acceptors (Lipinski definition) is 3. The second-order valence-corrected chi connectivity index (χ2v) is 30.2. The average molecular weight is 1050 g/mol. The minimum atomic E-state index is -0.168. The van der Waals surface area contributed by atoms with E-state index in [1.807, 2.05) is 0 Å². The Kier molecular flexibility index (Phi) is 12.2. The highest BCUT2D eigenvalue weighted by Gasteiger charge is 2.48. The molecule has 0 aromatic heterocycles. The molecule has 2 aliphatic carbocycles. The molecule has 0 spiro atoms. The molecular weight excluding hydrogens is 966 g/mol. The third kappa shape index (κ3) is 8.76. The van der Waals surface area contributed by atoms with Gasteiger partial charge in [-0.2, -0.15) is 0 Å². The zero-order chi connectivity index (χ0) is 57.0. The van der Waals surface area contributed by atoms with Crippen LogP contribution in [0.3, 0.4) is 0 Å². The maximum atomic E-state index is 2.75. The first-order valence-corrected chi connectivity index (χ1v) is 29.9. The van der Waals surface area contributed by atoms with Crippen molar-refractivity contribution >= 4 is 74.3 Å². The van der Waals surface area contributed by atoms with Crippen LogP contribution in [0, 0.1) is 6.92 Å². The van der Waals surface area contributed by atoms with Gasteiger partial charge < -0.3 is 14.7 Å². The number of para-hydroxylation sites is 2. The molecule has 12 rings (SSSR count). The van der Waals surface area contributed by atoms with E-state index >= 15 is 0 Å². The fraction of sp³-hybridized carbons (Fsp3) is 0.368. The van der Waals surface area contributed by atoms with E-state index in [9.17, 15) is 0 Å². The molecular formula is C76H86BN3. The van der Waals surface area contributed by atoms with Crippen LogP contribution in [0.1, 0.15) is 181 Å². The summed E-state index contributed by atoms with van der Waals surface area (Å²) in [5.74, 6) is 0. The fourth-order valence-corrected chi connectivity index (χ4v) is 14.7. The van der Waals surface area contributed by atoms with Crippen LogP contribution in [0.4, 0.5) is 51.2 Å². The lowest BCUT2D eigenvalue weighted by Gasteiger charge is -2.48. The number of fused-ring (bicyclic) bond motifs is 6. The van der Waals surface area contributed by atoms with Crippen LogP contribution in [-0.4, -0.2) is 6.71 Å². The van der Waals surface area contributed by atoms with Crippen molar-refractivity contribution in [2.45, 2.75) is 182 Å². The Bertz CT molecular complexity index is 3740. The summed E-state index contributed by atoms with van der Waals surface area (Å²) in [5.41, 5.74) is 28.6. The molecule has 2 aliphatic heterocycles. The molecule has 0 atom stereocenters. The molecule has 8 aromatic carbocycles. The van der Waals surface area contributed by atoms with E-state index in [2.05, 4.69) is 297 Å². The Hall–Kier alpha value is -6.78. The maximum absolute atomic E-state index is 2.75. The minimum absolute atomic E-state index is 0.00344. The van der Waals surface area contributed by atoms with Crippen molar-refractivity contribution in [3.05, 3.63) is 202 Å². The highest BCUT2D eigenvalue weighted by atomic mass is 15.2. The van der Waals surface area contributed by atoms with Crippen molar-refractivity contribution in [3.8, 4) is 11.1 Å². The fourth-order valence-electron chi connectivity index (χ4n) is 14.7. The summed E-state index contributed by atoms with van der Waals surface area (Å²) in [6, 6.07) is 62.1. The standard InChI is InChI=1S/C76H86BN3/c1-48-39-50(70(2,3)4)30-34-63(48)79-65-36-32-55(78(53-25-21-19-22-26-53)54-27-23-20-24-28-54)44-61(65)77-62-45-59-60(74(13,14)38-37-73(59,11)12)46-66(62)80(68-43-52(72(8,9)10)42-67(79)69(68)77)64-35-31-51(71(5,6)7)41-56(64)49-29-33-57-58(40-49)76(17,18)47-75(57,15)16/h19-36,39-46H,37-38,47H2,1-18H3. The molecule has 0 saturated carbocycles. The quantitative estimate of drug-likeness (QED) is 0.154. The highest BCUT2D eigenvalue weighted by molar-refractivity contribution is 7.00. The predicted molar refractivity (Wildman–Crippen MR) is 347 cm³/mol. The Balaban J connectivity index is 1.23. The van der Waals surface area contributed by atoms with Crippen LogP contribution in [0.2, 0.25) is 0 Å². The van der Waals surface area contributed by atoms with Gasteiger partial charge in [0.05, 0.1) is 5.69 Å². The molecule has 0 amide bonds. The third-order valence-electron chi connectivity index (χ3n) is 19.3. The van der Waals surface area contributed by atoms with Gasteiger partial charge in [0.15, 0.2) is 0 Å². The summed E-state index contributed by atoms with van der Waals surface area (Å²) >= 11 is 0. The second-order valence-electron chi connectivity index (χ2n) is 30.2. The molecule has 0 radical (unpaired) electrons. The van der Waals surface area contributed by atoms with E-state index in [0.717, 1.165) is 36.3 Å². The molecule has 0 unspecified atom stereocenters. The number of nitrogens with zero attached hydrogens (tertiary/aromatic N) is 3. The van der Waals surface area contributed by atoms with E-state index in [4.69, 9.17) is 0 Å². The van der Waals surface area contributed by atoms with Crippen LogP contribution in [0.5, 0.6) is 0 Å². The average Bonchev–Trinajstić information content (AvgIpc) is 3.58. The van der Waals surface area contributed by atoms with E-state index in [1.165, 1.54) is 106 Å². The zero-order valence-electron chi connectivity index (χ0n) is 51.6. The number of benzene rings is 8. The molecule has 80 heavy (non-hydrogen) atoms. The van der Waals surface area contributed by atoms with Crippen LogP contribution in [-0.2, 0) is 37.9 Å². The summed E-state index contributed by atoms with van der Waals surface area (Å²) in [7, 11) is 0. The van der Waals surface area contributed by atoms with Gasteiger partial charge in [-0.15, -0.1) is 0 Å². The van der Waals surface area contributed by atoms with Gasteiger partial charge in [-0.25, -0.2) is 0 Å². The van der Waals surface area contributed by atoms with Crippen molar-refractivity contribution < 1.29 is 0 Å². The predicted octanol–water partition coefficient (Wildman–Crippen LogP) is 19.4. The van der Waals surface area contributed by atoms with Gasteiger partial charge in [0, 0.05) is 51.1 Å². The van der Waals surface area contributed by atoms with Crippen molar-refractivity contribution in [1.82, 2.24) is 0 Å². The normalized spacial score (nSPS) is 17.3. The minimum Gasteiger partial charge on any atom is -0.311 e. The van der Waals surface area contributed by atoms with Gasteiger partial charge in [0.25, 0.3) is 6.71 Å². The zero-order valence-corrected chi connectivity index (χ0v) is 51.6. The molecule has 0 fully saturated rings. The number of aryl methyl sites for hydroxylation is 1. The number of rotatable bonds is 6. The molecule has 8 aromatic rings. The van der Waals surface area contributed by atoms with Crippen molar-refractivity contribution in [1.29, 1.82) is 0 Å². The van der Waals surface area contributed by atoms with Crippen LogP contribution in [0.25, 0.3) is 11.1 Å². The summed E-state index contributed by atoms with van der Waals surface area (Å²) in [4.78, 5) is 7.86. The van der Waals surface area contributed by atoms with Gasteiger partial charge in [0.2, 0.25) is 0 Å². The Morgan fingerprint density at radius 1 is 0.388 bits per heavy atom. The van der Waals surface area contributed by atoms with E-state index in [0.29, 0.717) is 0 Å². The maximum Gasteiger partial charge on any atom is 0.252 e. The second kappa shape index (κ2) is 18.1.